The van der Waals surface area contributed by atoms with E-state index in [0.717, 1.165) is 10.0 Å². The van der Waals surface area contributed by atoms with Crippen LogP contribution in [-0.4, -0.2) is 38.0 Å². The first-order chi connectivity index (χ1) is 15.7. The monoisotopic (exact) mass is 532 g/mol. The fourth-order valence-electron chi connectivity index (χ4n) is 2.92. The molecule has 172 valence electrons. The van der Waals surface area contributed by atoms with Crippen molar-refractivity contribution in [3.8, 4) is 5.75 Å². The maximum atomic E-state index is 13.0. The first kappa shape index (κ1) is 24.4. The van der Waals surface area contributed by atoms with Gasteiger partial charge in [0, 0.05) is 10.2 Å². The van der Waals surface area contributed by atoms with E-state index in [-0.39, 0.29) is 11.3 Å². The van der Waals surface area contributed by atoms with E-state index in [2.05, 4.69) is 26.0 Å². The van der Waals surface area contributed by atoms with Gasteiger partial charge in [-0.1, -0.05) is 46.3 Å². The van der Waals surface area contributed by atoms with Crippen molar-refractivity contribution in [2.24, 2.45) is 0 Å². The summed E-state index contributed by atoms with van der Waals surface area (Å²) in [6.07, 6.45) is 0.141. The van der Waals surface area contributed by atoms with Gasteiger partial charge in [0.1, 0.15) is 11.8 Å². The van der Waals surface area contributed by atoms with Gasteiger partial charge in [-0.25, -0.2) is 13.2 Å². The largest absolute Gasteiger partial charge is 0.482 e. The number of sulfonamides is 1. The highest BCUT2D eigenvalue weighted by Gasteiger charge is 2.26. The number of nitrogens with one attached hydrogen (secondary N) is 2. The third-order valence-corrected chi connectivity index (χ3v) is 6.52. The number of amides is 1. The Morgan fingerprint density at radius 2 is 1.58 bits per heavy atom. The van der Waals surface area contributed by atoms with Crippen molar-refractivity contribution < 1.29 is 27.9 Å². The van der Waals surface area contributed by atoms with Gasteiger partial charge < -0.3 is 15.2 Å². The van der Waals surface area contributed by atoms with Crippen LogP contribution in [0.25, 0.3) is 0 Å². The van der Waals surface area contributed by atoms with E-state index in [1.54, 1.807) is 12.1 Å². The van der Waals surface area contributed by atoms with Crippen LogP contribution in [0.15, 0.2) is 88.2 Å². The molecule has 3 aromatic rings. The molecule has 33 heavy (non-hydrogen) atoms. The predicted octanol–water partition coefficient (Wildman–Crippen LogP) is 3.44. The van der Waals surface area contributed by atoms with E-state index in [9.17, 15) is 18.0 Å². The van der Waals surface area contributed by atoms with Gasteiger partial charge in [-0.15, -0.1) is 0 Å². The smallest absolute Gasteiger partial charge is 0.341 e. The Morgan fingerprint density at radius 3 is 2.18 bits per heavy atom. The van der Waals surface area contributed by atoms with Crippen LogP contribution in [0.5, 0.6) is 5.75 Å². The Bertz CT molecular complexity index is 1200. The van der Waals surface area contributed by atoms with Gasteiger partial charge in [0.2, 0.25) is 15.9 Å². The standard InChI is InChI=1S/C23H21BrN2O6S/c24-17-6-12-20(13-7-17)33(30,31)26-21(14-16-4-2-1-3-5-16)23(29)25-18-8-10-19(11-9-18)32-15-22(27)28/h1-13,21,26H,14-15H2,(H,25,29)(H,27,28)/t21-/m0/s1. The van der Waals surface area contributed by atoms with Crippen molar-refractivity contribution in [3.05, 3.63) is 88.9 Å². The van der Waals surface area contributed by atoms with E-state index in [1.807, 2.05) is 30.3 Å². The molecule has 0 heterocycles. The fraction of sp³-hybridized carbons (Fsp3) is 0.130. The number of hydrogen-bond acceptors (Lipinski definition) is 5. The fourth-order valence-corrected chi connectivity index (χ4v) is 4.38. The summed E-state index contributed by atoms with van der Waals surface area (Å²) < 4.78 is 34.1. The van der Waals surface area contributed by atoms with Crippen molar-refractivity contribution >= 4 is 43.5 Å². The normalized spacial score (nSPS) is 12.0. The molecule has 1 atom stereocenters. The second kappa shape index (κ2) is 11.1. The first-order valence-electron chi connectivity index (χ1n) is 9.80. The van der Waals surface area contributed by atoms with Gasteiger partial charge in [0.15, 0.2) is 6.61 Å². The molecule has 0 aliphatic rings. The molecule has 1 amide bonds. The summed E-state index contributed by atoms with van der Waals surface area (Å²) in [6.45, 7) is -0.483. The van der Waals surface area contributed by atoms with E-state index < -0.39 is 34.5 Å². The van der Waals surface area contributed by atoms with E-state index in [4.69, 9.17) is 9.84 Å². The lowest BCUT2D eigenvalue weighted by molar-refractivity contribution is -0.139. The van der Waals surface area contributed by atoms with Crippen molar-refractivity contribution in [1.29, 1.82) is 0 Å². The number of benzene rings is 3. The number of hydrogen-bond donors (Lipinski definition) is 3. The molecule has 3 aromatic carbocycles. The molecule has 10 heteroatoms. The number of carbonyl (C=O) groups is 2. The quantitative estimate of drug-likeness (QED) is 0.367. The summed E-state index contributed by atoms with van der Waals surface area (Å²) in [5.74, 6) is -1.32. The van der Waals surface area contributed by atoms with E-state index >= 15 is 0 Å². The number of rotatable bonds is 10. The van der Waals surface area contributed by atoms with E-state index in [1.165, 1.54) is 36.4 Å². The number of ether oxygens (including phenoxy) is 1. The van der Waals surface area contributed by atoms with Crippen molar-refractivity contribution in [2.45, 2.75) is 17.4 Å². The molecule has 0 fully saturated rings. The zero-order valence-electron chi connectivity index (χ0n) is 17.3. The number of carbonyl (C=O) groups excluding carboxylic acids is 1. The minimum Gasteiger partial charge on any atom is -0.482 e. The third kappa shape index (κ3) is 7.41. The summed E-state index contributed by atoms with van der Waals surface area (Å²) >= 11 is 3.27. The van der Waals surface area contributed by atoms with Gasteiger partial charge >= 0.3 is 5.97 Å². The summed E-state index contributed by atoms with van der Waals surface area (Å²) in [4.78, 5) is 23.7. The zero-order chi connectivity index (χ0) is 23.8. The highest BCUT2D eigenvalue weighted by atomic mass is 79.9. The van der Waals surface area contributed by atoms with Crippen LogP contribution < -0.4 is 14.8 Å². The lowest BCUT2D eigenvalue weighted by Crippen LogP contribution is -2.45. The number of carboxylic acid groups (broad SMARTS) is 1. The lowest BCUT2D eigenvalue weighted by Gasteiger charge is -2.19. The molecule has 0 bridgehead atoms. The lowest BCUT2D eigenvalue weighted by atomic mass is 10.1. The van der Waals surface area contributed by atoms with Crippen LogP contribution >= 0.6 is 15.9 Å². The van der Waals surface area contributed by atoms with E-state index in [0.29, 0.717) is 11.4 Å². The van der Waals surface area contributed by atoms with Gasteiger partial charge in [0.25, 0.3) is 0 Å². The highest BCUT2D eigenvalue weighted by molar-refractivity contribution is 9.10. The van der Waals surface area contributed by atoms with Crippen LogP contribution in [0.4, 0.5) is 5.69 Å². The molecule has 0 radical (unpaired) electrons. The van der Waals surface area contributed by atoms with Gasteiger partial charge in [-0.05, 0) is 60.5 Å². The number of halogens is 1. The number of carboxylic acids is 1. The van der Waals surface area contributed by atoms with Crippen LogP contribution in [0.3, 0.4) is 0 Å². The minimum absolute atomic E-state index is 0.0384. The highest BCUT2D eigenvalue weighted by Crippen LogP contribution is 2.18. The van der Waals surface area contributed by atoms with Crippen molar-refractivity contribution in [3.63, 3.8) is 0 Å². The van der Waals surface area contributed by atoms with Crippen molar-refractivity contribution in [1.82, 2.24) is 4.72 Å². The van der Waals surface area contributed by atoms with Crippen LogP contribution in [0.2, 0.25) is 0 Å². The summed E-state index contributed by atoms with van der Waals surface area (Å²) in [5, 5.41) is 11.4. The SMILES string of the molecule is O=C(O)COc1ccc(NC(=O)[C@H](Cc2ccccc2)NS(=O)(=O)c2ccc(Br)cc2)cc1. The number of aliphatic carboxylic acids is 1. The second-order valence-electron chi connectivity index (χ2n) is 7.01. The zero-order valence-corrected chi connectivity index (χ0v) is 19.7. The Kier molecular flexibility index (Phi) is 8.21. The molecular formula is C23H21BrN2O6S. The van der Waals surface area contributed by atoms with Crippen LogP contribution in [0, 0.1) is 0 Å². The topological polar surface area (TPSA) is 122 Å². The molecule has 0 unspecified atom stereocenters. The summed E-state index contributed by atoms with van der Waals surface area (Å²) in [5.41, 5.74) is 1.19. The Hall–Kier alpha value is -3.21. The molecule has 8 nitrogen and oxygen atoms in total. The van der Waals surface area contributed by atoms with Crippen molar-refractivity contribution in [2.75, 3.05) is 11.9 Å². The first-order valence-corrected chi connectivity index (χ1v) is 12.1. The molecule has 3 N–H and O–H groups in total. The average molecular weight is 533 g/mol. The maximum absolute atomic E-state index is 13.0. The van der Waals surface area contributed by atoms with Crippen LogP contribution in [-0.2, 0) is 26.0 Å². The summed E-state index contributed by atoms with van der Waals surface area (Å²) in [6, 6.07) is 20.2. The Balaban J connectivity index is 1.77. The maximum Gasteiger partial charge on any atom is 0.341 e. The van der Waals surface area contributed by atoms with Gasteiger partial charge in [-0.2, -0.15) is 4.72 Å². The Labute approximate surface area is 199 Å². The van der Waals surface area contributed by atoms with Gasteiger partial charge in [0.05, 0.1) is 4.90 Å². The molecule has 3 rings (SSSR count). The molecule has 0 spiro atoms. The Morgan fingerprint density at radius 1 is 0.939 bits per heavy atom. The third-order valence-electron chi connectivity index (χ3n) is 4.50. The predicted molar refractivity (Wildman–Crippen MR) is 127 cm³/mol. The van der Waals surface area contributed by atoms with Crippen LogP contribution in [0.1, 0.15) is 5.56 Å². The molecule has 0 aromatic heterocycles. The minimum atomic E-state index is -3.96. The second-order valence-corrected chi connectivity index (χ2v) is 9.64. The average Bonchev–Trinajstić information content (AvgIpc) is 2.79. The molecule has 0 saturated heterocycles. The molecule has 0 aliphatic heterocycles. The summed E-state index contributed by atoms with van der Waals surface area (Å²) in [7, 11) is -3.96. The molecular weight excluding hydrogens is 512 g/mol. The molecule has 0 saturated carbocycles. The molecule has 0 aliphatic carbocycles. The number of anilines is 1. The van der Waals surface area contributed by atoms with Gasteiger partial charge in [-0.3, -0.25) is 4.79 Å².